The summed E-state index contributed by atoms with van der Waals surface area (Å²) in [4.78, 5) is 13.6. The highest BCUT2D eigenvalue weighted by molar-refractivity contribution is 5.75. The van der Waals surface area contributed by atoms with Crippen LogP contribution in [0.5, 0.6) is 11.5 Å². The van der Waals surface area contributed by atoms with Crippen molar-refractivity contribution in [3.05, 3.63) is 60.7 Å². The first kappa shape index (κ1) is 18.5. The molecule has 0 unspecified atom stereocenters. The van der Waals surface area contributed by atoms with E-state index in [-0.39, 0.29) is 0 Å². The molecular weight excluding hydrogens is 370 g/mol. The molecule has 3 heterocycles. The van der Waals surface area contributed by atoms with Crippen LogP contribution in [-0.2, 0) is 13.6 Å². The molecule has 0 fully saturated rings. The Balaban J connectivity index is 1.64. The fourth-order valence-corrected chi connectivity index (χ4v) is 3.01. The minimum atomic E-state index is 0.483. The van der Waals surface area contributed by atoms with Gasteiger partial charge in [0.05, 0.1) is 26.0 Å². The zero-order chi connectivity index (χ0) is 20.2. The van der Waals surface area contributed by atoms with E-state index in [1.54, 1.807) is 32.9 Å². The monoisotopic (exact) mass is 391 g/mol. The van der Waals surface area contributed by atoms with Crippen molar-refractivity contribution in [2.75, 3.05) is 19.5 Å². The van der Waals surface area contributed by atoms with Gasteiger partial charge in [-0.05, 0) is 29.8 Å². The van der Waals surface area contributed by atoms with Crippen LogP contribution in [-0.4, -0.2) is 33.7 Å². The van der Waals surface area contributed by atoms with Crippen LogP contribution in [0.15, 0.2) is 59.6 Å². The molecule has 0 atom stereocenters. The molecule has 0 aliphatic rings. The van der Waals surface area contributed by atoms with Crippen LogP contribution in [0.4, 0.5) is 5.95 Å². The molecule has 8 nitrogen and oxygen atoms in total. The first-order chi connectivity index (χ1) is 14.2. The number of benzene rings is 1. The van der Waals surface area contributed by atoms with E-state index in [1.165, 1.54) is 0 Å². The standard InChI is InChI=1S/C21H21N5O3/c1-26-7-6-22-20(26)17-13-24-21(25-19(17)18-5-4-8-29-18)23-12-14-9-15(27-2)11-16(10-14)28-3/h4-11,13H,12H2,1-3H3,(H,23,24,25). The van der Waals surface area contributed by atoms with E-state index in [9.17, 15) is 0 Å². The normalized spacial score (nSPS) is 10.7. The second-order valence-electron chi connectivity index (χ2n) is 6.37. The summed E-state index contributed by atoms with van der Waals surface area (Å²) in [6.45, 7) is 0.507. The molecule has 3 aromatic heterocycles. The molecule has 0 saturated heterocycles. The van der Waals surface area contributed by atoms with Gasteiger partial charge in [0.2, 0.25) is 5.95 Å². The summed E-state index contributed by atoms with van der Waals surface area (Å²) in [5.41, 5.74) is 2.45. The average molecular weight is 391 g/mol. The summed E-state index contributed by atoms with van der Waals surface area (Å²) in [7, 11) is 5.18. The third-order valence-electron chi connectivity index (χ3n) is 4.47. The SMILES string of the molecule is COc1cc(CNc2ncc(-c3nccn3C)c(-c3ccco3)n2)cc(OC)c1. The number of hydrogen-bond acceptors (Lipinski definition) is 7. The smallest absolute Gasteiger partial charge is 0.223 e. The van der Waals surface area contributed by atoms with Gasteiger partial charge in [-0.15, -0.1) is 0 Å². The molecule has 1 N–H and O–H groups in total. The van der Waals surface area contributed by atoms with E-state index in [4.69, 9.17) is 13.9 Å². The summed E-state index contributed by atoms with van der Waals surface area (Å²) in [5, 5.41) is 3.25. The zero-order valence-electron chi connectivity index (χ0n) is 16.4. The maximum Gasteiger partial charge on any atom is 0.223 e. The van der Waals surface area contributed by atoms with Crippen molar-refractivity contribution in [3.63, 3.8) is 0 Å². The van der Waals surface area contributed by atoms with E-state index < -0.39 is 0 Å². The number of aryl methyl sites for hydroxylation is 1. The lowest BCUT2D eigenvalue weighted by Crippen LogP contribution is -2.06. The number of aromatic nitrogens is 4. The van der Waals surface area contributed by atoms with Crippen LogP contribution in [0.3, 0.4) is 0 Å². The van der Waals surface area contributed by atoms with E-state index >= 15 is 0 Å². The molecule has 148 valence electrons. The Morgan fingerprint density at radius 3 is 2.52 bits per heavy atom. The third kappa shape index (κ3) is 3.91. The van der Waals surface area contributed by atoms with E-state index in [0.717, 1.165) is 28.5 Å². The van der Waals surface area contributed by atoms with Gasteiger partial charge in [0.1, 0.15) is 23.0 Å². The van der Waals surface area contributed by atoms with Gasteiger partial charge in [-0.1, -0.05) is 0 Å². The minimum absolute atomic E-state index is 0.483. The molecule has 0 saturated carbocycles. The van der Waals surface area contributed by atoms with Gasteiger partial charge >= 0.3 is 0 Å². The molecule has 0 bridgehead atoms. The van der Waals surface area contributed by atoms with Gasteiger partial charge in [-0.25, -0.2) is 15.0 Å². The maximum absolute atomic E-state index is 5.59. The highest BCUT2D eigenvalue weighted by atomic mass is 16.5. The zero-order valence-corrected chi connectivity index (χ0v) is 16.4. The van der Waals surface area contributed by atoms with Gasteiger partial charge in [0.15, 0.2) is 5.76 Å². The molecule has 4 aromatic rings. The molecule has 0 aliphatic heterocycles. The predicted molar refractivity (Wildman–Crippen MR) is 109 cm³/mol. The number of imidazole rings is 1. The molecule has 4 rings (SSSR count). The topological polar surface area (TPSA) is 87.2 Å². The number of ether oxygens (including phenoxy) is 2. The number of furan rings is 1. The van der Waals surface area contributed by atoms with Gasteiger partial charge < -0.3 is 23.8 Å². The van der Waals surface area contributed by atoms with Crippen molar-refractivity contribution in [1.82, 2.24) is 19.5 Å². The van der Waals surface area contributed by atoms with Crippen LogP contribution in [0.1, 0.15) is 5.56 Å². The Hall–Kier alpha value is -3.81. The van der Waals surface area contributed by atoms with Crippen molar-refractivity contribution >= 4 is 5.95 Å². The Morgan fingerprint density at radius 2 is 1.90 bits per heavy atom. The summed E-state index contributed by atoms with van der Waals surface area (Å²) >= 11 is 0. The lowest BCUT2D eigenvalue weighted by atomic mass is 10.1. The number of rotatable bonds is 7. The molecule has 0 amide bonds. The van der Waals surface area contributed by atoms with Gasteiger partial charge in [-0.2, -0.15) is 0 Å². The third-order valence-corrected chi connectivity index (χ3v) is 4.47. The second kappa shape index (κ2) is 8.05. The Bertz CT molecular complexity index is 1080. The summed E-state index contributed by atoms with van der Waals surface area (Å²) in [6.07, 6.45) is 6.99. The largest absolute Gasteiger partial charge is 0.497 e. The van der Waals surface area contributed by atoms with Crippen molar-refractivity contribution in [2.45, 2.75) is 6.54 Å². The molecule has 29 heavy (non-hydrogen) atoms. The van der Waals surface area contributed by atoms with Crippen LogP contribution in [0.25, 0.3) is 22.8 Å². The first-order valence-corrected chi connectivity index (χ1v) is 9.02. The highest BCUT2D eigenvalue weighted by Gasteiger charge is 2.16. The number of methoxy groups -OCH3 is 2. The summed E-state index contributed by atoms with van der Waals surface area (Å²) < 4.78 is 18.2. The van der Waals surface area contributed by atoms with E-state index in [1.807, 2.05) is 48.1 Å². The van der Waals surface area contributed by atoms with Crippen molar-refractivity contribution < 1.29 is 13.9 Å². The van der Waals surface area contributed by atoms with Gasteiger partial charge in [0.25, 0.3) is 0 Å². The van der Waals surface area contributed by atoms with Crippen LogP contribution < -0.4 is 14.8 Å². The Kier molecular flexibility index (Phi) is 5.15. The van der Waals surface area contributed by atoms with E-state index in [2.05, 4.69) is 20.3 Å². The molecule has 8 heteroatoms. The number of hydrogen-bond donors (Lipinski definition) is 1. The quantitative estimate of drug-likeness (QED) is 0.513. The summed E-state index contributed by atoms with van der Waals surface area (Å²) in [5.74, 6) is 3.35. The van der Waals surface area contributed by atoms with Crippen LogP contribution >= 0.6 is 0 Å². The first-order valence-electron chi connectivity index (χ1n) is 9.02. The number of nitrogens with zero attached hydrogens (tertiary/aromatic N) is 4. The lowest BCUT2D eigenvalue weighted by molar-refractivity contribution is 0.393. The number of anilines is 1. The van der Waals surface area contributed by atoms with Crippen molar-refractivity contribution in [2.24, 2.45) is 7.05 Å². The van der Waals surface area contributed by atoms with Crippen molar-refractivity contribution in [3.8, 4) is 34.3 Å². The fraction of sp³-hybridized carbons (Fsp3) is 0.190. The highest BCUT2D eigenvalue weighted by Crippen LogP contribution is 2.30. The molecule has 1 aromatic carbocycles. The lowest BCUT2D eigenvalue weighted by Gasteiger charge is -2.11. The molecule has 0 spiro atoms. The molecule has 0 radical (unpaired) electrons. The predicted octanol–water partition coefficient (Wildman–Crippen LogP) is 3.77. The summed E-state index contributed by atoms with van der Waals surface area (Å²) in [6, 6.07) is 9.40. The second-order valence-corrected chi connectivity index (χ2v) is 6.37. The Labute approximate surface area is 168 Å². The molecule has 0 aliphatic carbocycles. The average Bonchev–Trinajstić information content (AvgIpc) is 3.43. The van der Waals surface area contributed by atoms with Crippen LogP contribution in [0.2, 0.25) is 0 Å². The van der Waals surface area contributed by atoms with Crippen molar-refractivity contribution in [1.29, 1.82) is 0 Å². The minimum Gasteiger partial charge on any atom is -0.497 e. The van der Waals surface area contributed by atoms with E-state index in [0.29, 0.717) is 23.9 Å². The maximum atomic E-state index is 5.59. The van der Waals surface area contributed by atoms with Gasteiger partial charge in [0, 0.05) is 38.2 Å². The fourth-order valence-electron chi connectivity index (χ4n) is 3.01. The molecular formula is C21H21N5O3. The van der Waals surface area contributed by atoms with Gasteiger partial charge in [-0.3, -0.25) is 0 Å². The Morgan fingerprint density at radius 1 is 1.10 bits per heavy atom. The number of nitrogens with one attached hydrogen (secondary N) is 1. The van der Waals surface area contributed by atoms with Crippen LogP contribution in [0, 0.1) is 0 Å².